The maximum atomic E-state index is 4.95. The summed E-state index contributed by atoms with van der Waals surface area (Å²) in [6, 6.07) is 17.4. The van der Waals surface area contributed by atoms with Crippen LogP contribution in [-0.4, -0.2) is 14.2 Å². The number of hydrogen-bond acceptors (Lipinski definition) is 2. The normalized spacial score (nSPS) is 8.88. The van der Waals surface area contributed by atoms with Crippen LogP contribution in [0.15, 0.2) is 59.1 Å². The molecule has 2 aromatic carbocycles. The Hall–Kier alpha value is -1.48. The highest BCUT2D eigenvalue weighted by atomic mass is 79.9. The van der Waals surface area contributed by atoms with Crippen LogP contribution in [0.25, 0.3) is 0 Å². The number of hydrogen-bond donors (Lipinski definition) is 0. The van der Waals surface area contributed by atoms with Crippen molar-refractivity contribution >= 4 is 15.9 Å². The Morgan fingerprint density at radius 2 is 1.18 bits per heavy atom. The van der Waals surface area contributed by atoms with Crippen LogP contribution in [0.2, 0.25) is 0 Å². The summed E-state index contributed by atoms with van der Waals surface area (Å²) in [5.74, 6) is 1.80. The Morgan fingerprint density at radius 1 is 0.706 bits per heavy atom. The van der Waals surface area contributed by atoms with Crippen LogP contribution in [0.4, 0.5) is 0 Å². The van der Waals surface area contributed by atoms with Gasteiger partial charge in [0.05, 0.1) is 14.2 Å². The quantitative estimate of drug-likeness (QED) is 0.828. The average molecular weight is 295 g/mol. The molecule has 0 unspecified atom stereocenters. The van der Waals surface area contributed by atoms with E-state index in [0.717, 1.165) is 16.0 Å². The van der Waals surface area contributed by atoms with Crippen molar-refractivity contribution in [1.82, 2.24) is 0 Å². The summed E-state index contributed by atoms with van der Waals surface area (Å²) in [6.45, 7) is 0. The first-order chi connectivity index (χ1) is 8.26. The van der Waals surface area contributed by atoms with Crippen LogP contribution < -0.4 is 9.47 Å². The van der Waals surface area contributed by atoms with E-state index >= 15 is 0 Å². The van der Waals surface area contributed by atoms with Crippen LogP contribution in [-0.2, 0) is 0 Å². The summed E-state index contributed by atoms with van der Waals surface area (Å²) in [4.78, 5) is 0. The molecule has 90 valence electrons. The maximum absolute atomic E-state index is 4.95. The van der Waals surface area contributed by atoms with Crippen molar-refractivity contribution in [1.29, 1.82) is 0 Å². The molecule has 0 spiro atoms. The van der Waals surface area contributed by atoms with Gasteiger partial charge in [0, 0.05) is 4.47 Å². The molecule has 0 heterocycles. The van der Waals surface area contributed by atoms with E-state index in [1.165, 1.54) is 0 Å². The lowest BCUT2D eigenvalue weighted by Gasteiger charge is -1.96. The van der Waals surface area contributed by atoms with Crippen molar-refractivity contribution in [3.63, 3.8) is 0 Å². The molecule has 2 rings (SSSR count). The highest BCUT2D eigenvalue weighted by Crippen LogP contribution is 2.14. The molecular formula is C14H15BrO2. The number of methoxy groups -OCH3 is 2. The Bertz CT molecular complexity index is 412. The van der Waals surface area contributed by atoms with E-state index < -0.39 is 0 Å². The molecule has 0 aromatic heterocycles. The molecule has 0 radical (unpaired) electrons. The zero-order valence-electron chi connectivity index (χ0n) is 9.89. The second kappa shape index (κ2) is 7.74. The van der Waals surface area contributed by atoms with Crippen molar-refractivity contribution in [2.24, 2.45) is 0 Å². The topological polar surface area (TPSA) is 18.5 Å². The van der Waals surface area contributed by atoms with E-state index in [9.17, 15) is 0 Å². The minimum Gasteiger partial charge on any atom is -0.497 e. The first-order valence-electron chi connectivity index (χ1n) is 5.15. The molecule has 0 saturated carbocycles. The van der Waals surface area contributed by atoms with Gasteiger partial charge in [-0.2, -0.15) is 0 Å². The monoisotopic (exact) mass is 294 g/mol. The van der Waals surface area contributed by atoms with Gasteiger partial charge in [-0.15, -0.1) is 0 Å². The second-order valence-electron chi connectivity index (χ2n) is 3.18. The molecule has 0 aliphatic heterocycles. The van der Waals surface area contributed by atoms with E-state index in [4.69, 9.17) is 9.47 Å². The Balaban J connectivity index is 0.000000171. The summed E-state index contributed by atoms with van der Waals surface area (Å²) >= 11 is 3.32. The van der Waals surface area contributed by atoms with Crippen LogP contribution in [0.3, 0.4) is 0 Å². The van der Waals surface area contributed by atoms with E-state index in [1.807, 2.05) is 54.6 Å². The summed E-state index contributed by atoms with van der Waals surface area (Å²) < 4.78 is 10.9. The van der Waals surface area contributed by atoms with Gasteiger partial charge in [-0.05, 0) is 36.4 Å². The van der Waals surface area contributed by atoms with Gasteiger partial charge in [0.1, 0.15) is 11.5 Å². The fourth-order valence-electron chi connectivity index (χ4n) is 1.13. The van der Waals surface area contributed by atoms with Gasteiger partial charge < -0.3 is 9.47 Å². The standard InChI is InChI=1S/C7H7BrO.C7H8O/c1-9-7-4-2-6(8)3-5-7;1-8-7-5-3-2-4-6-7/h2-5H,1H3;2-6H,1H3. The molecule has 0 aliphatic rings. The number of halogens is 1. The predicted octanol–water partition coefficient (Wildman–Crippen LogP) is 4.15. The number of para-hydroxylation sites is 1. The Labute approximate surface area is 110 Å². The highest BCUT2D eigenvalue weighted by Gasteiger charge is 1.86. The van der Waals surface area contributed by atoms with Gasteiger partial charge in [0.2, 0.25) is 0 Å². The largest absolute Gasteiger partial charge is 0.497 e. The number of benzene rings is 2. The molecule has 17 heavy (non-hydrogen) atoms. The smallest absolute Gasteiger partial charge is 0.118 e. The molecule has 0 saturated heterocycles. The third-order valence-corrected chi connectivity index (χ3v) is 2.56. The molecule has 0 N–H and O–H groups in total. The predicted molar refractivity (Wildman–Crippen MR) is 73.7 cm³/mol. The SMILES string of the molecule is COc1ccc(Br)cc1.COc1ccccc1. The summed E-state index contributed by atoms with van der Waals surface area (Å²) in [7, 11) is 3.32. The maximum Gasteiger partial charge on any atom is 0.118 e. The lowest BCUT2D eigenvalue weighted by Crippen LogP contribution is -1.79. The van der Waals surface area contributed by atoms with Gasteiger partial charge in [0.25, 0.3) is 0 Å². The molecule has 0 fully saturated rings. The lowest BCUT2D eigenvalue weighted by atomic mass is 10.3. The minimum atomic E-state index is 0.887. The van der Waals surface area contributed by atoms with Crippen LogP contribution >= 0.6 is 15.9 Å². The fraction of sp³-hybridized carbons (Fsp3) is 0.143. The molecule has 0 amide bonds. The summed E-state index contributed by atoms with van der Waals surface area (Å²) in [5.41, 5.74) is 0. The van der Waals surface area contributed by atoms with Crippen molar-refractivity contribution in [3.8, 4) is 11.5 Å². The van der Waals surface area contributed by atoms with Gasteiger partial charge in [-0.3, -0.25) is 0 Å². The van der Waals surface area contributed by atoms with Gasteiger partial charge in [0.15, 0.2) is 0 Å². The molecular weight excluding hydrogens is 280 g/mol. The van der Waals surface area contributed by atoms with Crippen LogP contribution in [0.1, 0.15) is 0 Å². The molecule has 3 heteroatoms. The van der Waals surface area contributed by atoms with Crippen molar-refractivity contribution in [2.75, 3.05) is 14.2 Å². The lowest BCUT2D eigenvalue weighted by molar-refractivity contribution is 0.414. The van der Waals surface area contributed by atoms with Gasteiger partial charge >= 0.3 is 0 Å². The van der Waals surface area contributed by atoms with Gasteiger partial charge in [-0.1, -0.05) is 34.1 Å². The molecule has 2 nitrogen and oxygen atoms in total. The minimum absolute atomic E-state index is 0.887. The average Bonchev–Trinajstić information content (AvgIpc) is 2.41. The number of ether oxygens (including phenoxy) is 2. The third-order valence-electron chi connectivity index (χ3n) is 2.03. The van der Waals surface area contributed by atoms with E-state index in [0.29, 0.717) is 0 Å². The fourth-order valence-corrected chi connectivity index (χ4v) is 1.39. The zero-order valence-corrected chi connectivity index (χ0v) is 11.5. The highest BCUT2D eigenvalue weighted by molar-refractivity contribution is 9.10. The first-order valence-corrected chi connectivity index (χ1v) is 5.94. The molecule has 0 aliphatic carbocycles. The summed E-state index contributed by atoms with van der Waals surface area (Å²) in [6.07, 6.45) is 0. The van der Waals surface area contributed by atoms with Crippen molar-refractivity contribution in [2.45, 2.75) is 0 Å². The first kappa shape index (κ1) is 13.6. The van der Waals surface area contributed by atoms with Crippen LogP contribution in [0, 0.1) is 0 Å². The molecule has 2 aromatic rings. The van der Waals surface area contributed by atoms with E-state index in [-0.39, 0.29) is 0 Å². The van der Waals surface area contributed by atoms with Crippen LogP contribution in [0.5, 0.6) is 11.5 Å². The molecule has 0 bridgehead atoms. The van der Waals surface area contributed by atoms with Crippen molar-refractivity contribution < 1.29 is 9.47 Å². The Morgan fingerprint density at radius 3 is 1.59 bits per heavy atom. The van der Waals surface area contributed by atoms with E-state index in [2.05, 4.69) is 15.9 Å². The van der Waals surface area contributed by atoms with Gasteiger partial charge in [-0.25, -0.2) is 0 Å². The van der Waals surface area contributed by atoms with Crippen molar-refractivity contribution in [3.05, 3.63) is 59.1 Å². The van der Waals surface area contributed by atoms with E-state index in [1.54, 1.807) is 14.2 Å². The molecule has 0 atom stereocenters. The second-order valence-corrected chi connectivity index (χ2v) is 4.09. The third kappa shape index (κ3) is 5.41. The number of rotatable bonds is 2. The summed E-state index contributed by atoms with van der Waals surface area (Å²) in [5, 5.41) is 0. The zero-order chi connectivity index (χ0) is 12.5. The Kier molecular flexibility index (Phi) is 6.18.